The van der Waals surface area contributed by atoms with Gasteiger partial charge in [0.2, 0.25) is 0 Å². The van der Waals surface area contributed by atoms with Crippen molar-refractivity contribution in [2.45, 2.75) is 0 Å². The van der Waals surface area contributed by atoms with Crippen molar-refractivity contribution in [1.82, 2.24) is 10.7 Å². The summed E-state index contributed by atoms with van der Waals surface area (Å²) in [5, 5.41) is 0.843. The molecular weight excluding hydrogens is 149 g/mol. The van der Waals surface area contributed by atoms with E-state index in [9.17, 15) is 18.1 Å². The number of alkyl halides is 1. The number of carbonyl (C=O) groups excluding carboxylic acids is 1. The van der Waals surface area contributed by atoms with Gasteiger partial charge in [-0.2, -0.15) is 0 Å². The van der Waals surface area contributed by atoms with Crippen LogP contribution in [0.25, 0.3) is 0 Å². The molecule has 0 saturated carbocycles. The maximum absolute atomic E-state index is 11.3. The molecule has 0 aromatic carbocycles. The summed E-state index contributed by atoms with van der Waals surface area (Å²) in [6.45, 7) is -2.00. The van der Waals surface area contributed by atoms with Gasteiger partial charge in [0, 0.05) is 11.9 Å². The fourth-order valence-electron chi connectivity index (χ4n) is 0.327. The smallest absolute Gasteiger partial charge is 0.251 e. The predicted molar refractivity (Wildman–Crippen MR) is 27.9 cm³/mol. The summed E-state index contributed by atoms with van der Waals surface area (Å²) >= 11 is 0. The lowest BCUT2D eigenvalue weighted by Crippen LogP contribution is -2.30. The first-order valence-corrected chi connectivity index (χ1v) is 2.58. The molecule has 0 aliphatic heterocycles. The zero-order chi connectivity index (χ0) is 7.98. The molecule has 0 aliphatic rings. The van der Waals surface area contributed by atoms with E-state index in [1.807, 2.05) is 5.32 Å². The molecule has 0 fully saturated rings. The quantitative estimate of drug-likeness (QED) is 0.587. The molecule has 0 unspecified atom stereocenters. The molecule has 10 heavy (non-hydrogen) atoms. The fraction of sp³-hybridized carbons (Fsp3) is 0.750. The zero-order valence-corrected chi connectivity index (χ0v) is 5.11. The van der Waals surface area contributed by atoms with Crippen LogP contribution in [-0.2, 0) is 4.79 Å². The van der Waals surface area contributed by atoms with Crippen molar-refractivity contribution in [2.24, 2.45) is 0 Å². The summed E-state index contributed by atoms with van der Waals surface area (Å²) in [6.07, 6.45) is 0. The minimum absolute atomic E-state index is 0.240. The number of carbonyl (C=O) groups is 1. The summed E-state index contributed by atoms with van der Waals surface area (Å²) in [5.74, 6) is -0.873. The van der Waals surface area contributed by atoms with Crippen LogP contribution in [0.15, 0.2) is 0 Å². The summed E-state index contributed by atoms with van der Waals surface area (Å²) in [5.41, 5.74) is 0. The Morgan fingerprint density at radius 3 is 2.50 bits per heavy atom. The summed E-state index contributed by atoms with van der Waals surface area (Å²) in [4.78, 5) is 10.0. The number of amides is 1. The van der Waals surface area contributed by atoms with Crippen LogP contribution in [0.5, 0.6) is 0 Å². The van der Waals surface area contributed by atoms with Crippen LogP contribution in [0.2, 0.25) is 0 Å². The Kier molecular flexibility index (Phi) is 4.65. The van der Waals surface area contributed by atoms with Gasteiger partial charge in [0.25, 0.3) is 5.91 Å². The molecule has 60 valence electrons. The number of nitrogens with one attached hydrogen (secondary N) is 1. The van der Waals surface area contributed by atoms with Crippen LogP contribution < -0.4 is 5.32 Å². The number of halogens is 3. The van der Waals surface area contributed by atoms with Crippen LogP contribution >= 0.6 is 0 Å². The first-order valence-electron chi connectivity index (χ1n) is 2.58. The summed E-state index contributed by atoms with van der Waals surface area (Å²) < 4.78 is 33.7. The van der Waals surface area contributed by atoms with E-state index in [0.29, 0.717) is 0 Å². The van der Waals surface area contributed by atoms with Gasteiger partial charge in [-0.3, -0.25) is 4.79 Å². The highest BCUT2D eigenvalue weighted by Crippen LogP contribution is 1.84. The molecule has 1 amide bonds. The monoisotopic (exact) mass is 156 g/mol. The van der Waals surface area contributed by atoms with Crippen LogP contribution in [0.3, 0.4) is 0 Å². The second-order valence-electron chi connectivity index (χ2n) is 1.51. The predicted octanol–water partition coefficient (Wildman–Crippen LogP) is 0.143. The summed E-state index contributed by atoms with van der Waals surface area (Å²) in [6, 6.07) is 0. The zero-order valence-electron chi connectivity index (χ0n) is 5.11. The highest BCUT2D eigenvalue weighted by molar-refractivity contribution is 5.76. The van der Waals surface area contributed by atoms with Crippen molar-refractivity contribution < 1.29 is 18.1 Å². The van der Waals surface area contributed by atoms with Crippen LogP contribution in [0.1, 0.15) is 0 Å². The largest absolute Gasteiger partial charge is 0.352 e. The van der Waals surface area contributed by atoms with E-state index < -0.39 is 24.5 Å². The molecule has 0 heterocycles. The van der Waals surface area contributed by atoms with Gasteiger partial charge in [-0.15, -0.1) is 8.96 Å². The van der Waals surface area contributed by atoms with E-state index in [1.54, 1.807) is 0 Å². The van der Waals surface area contributed by atoms with Gasteiger partial charge in [0.15, 0.2) is 6.67 Å². The average molecular weight is 156 g/mol. The van der Waals surface area contributed by atoms with Gasteiger partial charge in [-0.1, -0.05) is 0 Å². The Morgan fingerprint density at radius 1 is 1.50 bits per heavy atom. The van der Waals surface area contributed by atoms with Crippen molar-refractivity contribution >= 4 is 5.91 Å². The maximum Gasteiger partial charge on any atom is 0.251 e. The third kappa shape index (κ3) is 5.36. The SMILES string of the molecule is O=C(CF)NCCN(F)F. The number of hydrogen-bond donors (Lipinski definition) is 1. The van der Waals surface area contributed by atoms with Gasteiger partial charge in [-0.25, -0.2) is 4.39 Å². The number of nitrogens with zero attached hydrogens (tertiary/aromatic N) is 1. The molecule has 0 radical (unpaired) electrons. The number of rotatable bonds is 4. The topological polar surface area (TPSA) is 32.3 Å². The molecule has 6 heteroatoms. The van der Waals surface area contributed by atoms with Crippen LogP contribution in [0.4, 0.5) is 13.4 Å². The Balaban J connectivity index is 3.12. The van der Waals surface area contributed by atoms with E-state index in [1.165, 1.54) is 0 Å². The van der Waals surface area contributed by atoms with Crippen LogP contribution in [0, 0.1) is 0 Å². The van der Waals surface area contributed by atoms with E-state index in [-0.39, 0.29) is 6.54 Å². The first kappa shape index (κ1) is 9.22. The van der Waals surface area contributed by atoms with Crippen molar-refractivity contribution in [3.05, 3.63) is 0 Å². The minimum Gasteiger partial charge on any atom is -0.352 e. The molecule has 0 spiro atoms. The molecule has 3 nitrogen and oxygen atoms in total. The van der Waals surface area contributed by atoms with E-state index >= 15 is 0 Å². The van der Waals surface area contributed by atoms with Crippen molar-refractivity contribution in [3.8, 4) is 0 Å². The van der Waals surface area contributed by atoms with Crippen LogP contribution in [-0.4, -0.2) is 31.0 Å². The molecule has 0 aromatic rings. The highest BCUT2D eigenvalue weighted by Gasteiger charge is 2.00. The Bertz CT molecular complexity index is 109. The van der Waals surface area contributed by atoms with E-state index in [0.717, 1.165) is 0 Å². The molecule has 0 aromatic heterocycles. The lowest BCUT2D eigenvalue weighted by atomic mass is 10.6. The normalized spacial score (nSPS) is 10.0. The average Bonchev–Trinajstić information content (AvgIpc) is 1.87. The van der Waals surface area contributed by atoms with Gasteiger partial charge in [0.05, 0.1) is 6.54 Å². The fourth-order valence-corrected chi connectivity index (χ4v) is 0.327. The minimum atomic E-state index is -1.17. The summed E-state index contributed by atoms with van der Waals surface area (Å²) in [7, 11) is 0. The van der Waals surface area contributed by atoms with Crippen molar-refractivity contribution in [1.29, 1.82) is 0 Å². The molecule has 0 saturated heterocycles. The first-order chi connectivity index (χ1) is 4.66. The molecule has 0 bridgehead atoms. The van der Waals surface area contributed by atoms with Gasteiger partial charge in [0.1, 0.15) is 0 Å². The maximum atomic E-state index is 11.3. The third-order valence-corrected chi connectivity index (χ3v) is 0.724. The molecule has 0 aliphatic carbocycles. The Labute approximate surface area is 55.7 Å². The molecule has 0 atom stereocenters. The second kappa shape index (κ2) is 5.04. The Hall–Kier alpha value is -0.780. The lowest BCUT2D eigenvalue weighted by Gasteiger charge is -2.00. The standard InChI is InChI=1S/C4H7F3N2O/c5-3-4(10)8-1-2-9(6)7/h1-3H2,(H,8,10). The molecular formula is C4H7F3N2O. The van der Waals surface area contributed by atoms with E-state index in [4.69, 9.17) is 0 Å². The second-order valence-corrected chi connectivity index (χ2v) is 1.51. The number of hydrogen-bond acceptors (Lipinski definition) is 2. The Morgan fingerprint density at radius 2 is 2.10 bits per heavy atom. The van der Waals surface area contributed by atoms with Gasteiger partial charge in [-0.05, 0) is 0 Å². The van der Waals surface area contributed by atoms with Gasteiger partial charge >= 0.3 is 0 Å². The van der Waals surface area contributed by atoms with E-state index in [2.05, 4.69) is 0 Å². The molecule has 0 rings (SSSR count). The highest BCUT2D eigenvalue weighted by atomic mass is 19.4. The van der Waals surface area contributed by atoms with Crippen molar-refractivity contribution in [3.63, 3.8) is 0 Å². The third-order valence-electron chi connectivity index (χ3n) is 0.724. The molecule has 1 N–H and O–H groups in total. The van der Waals surface area contributed by atoms with Crippen molar-refractivity contribution in [2.75, 3.05) is 19.8 Å². The lowest BCUT2D eigenvalue weighted by molar-refractivity contribution is -0.151. The van der Waals surface area contributed by atoms with Gasteiger partial charge < -0.3 is 5.32 Å².